The Morgan fingerprint density at radius 3 is 1.63 bits per heavy atom. The van der Waals surface area contributed by atoms with E-state index >= 15 is 0 Å². The van der Waals surface area contributed by atoms with Gasteiger partial charge in [-0.1, -0.05) is 81.7 Å². The van der Waals surface area contributed by atoms with Crippen molar-refractivity contribution >= 4 is 68.3 Å². The van der Waals surface area contributed by atoms with E-state index in [2.05, 4.69) is 22.0 Å². The number of ether oxygens (including phenoxy) is 5. The maximum absolute atomic E-state index is 14.3. The second-order valence-corrected chi connectivity index (χ2v) is 26.6. The molecule has 2 saturated carbocycles. The number of carboxylic acid groups (broad SMARTS) is 1. The molecular weight excluding hydrogens is 1420 g/mol. The number of nitrogens with zero attached hydrogens (tertiary/aromatic N) is 5. The van der Waals surface area contributed by atoms with E-state index in [0.29, 0.717) is 50.7 Å². The van der Waals surface area contributed by atoms with Crippen LogP contribution in [-0.4, -0.2) is 167 Å². The number of hydrogen-bond acceptors (Lipinski definition) is 15. The molecule has 27 heteroatoms. The van der Waals surface area contributed by atoms with Gasteiger partial charge in [0.2, 0.25) is 23.6 Å². The number of fused-ring (bicyclic) bond motifs is 6. The van der Waals surface area contributed by atoms with Crippen LogP contribution in [0.4, 0.5) is 28.0 Å². The Morgan fingerprint density at radius 1 is 0.696 bits per heavy atom. The van der Waals surface area contributed by atoms with Crippen molar-refractivity contribution in [3.63, 3.8) is 0 Å². The molecule has 2 saturated heterocycles. The van der Waals surface area contributed by atoms with Crippen molar-refractivity contribution in [3.8, 4) is 0 Å². The number of carbonyl (C=O) groups is 9. The van der Waals surface area contributed by atoms with Gasteiger partial charge in [-0.2, -0.15) is 0 Å². The Bertz CT molecular complexity index is 3280. The summed E-state index contributed by atoms with van der Waals surface area (Å²) in [5, 5.41) is 18.1. The van der Waals surface area contributed by atoms with Crippen LogP contribution in [0.5, 0.6) is 0 Å². The first-order valence-corrected chi connectivity index (χ1v) is 30.9. The van der Waals surface area contributed by atoms with Gasteiger partial charge in [-0.15, -0.1) is 0 Å². The molecule has 10 atom stereocenters. The topological polar surface area (TPSA) is 281 Å². The zero-order chi connectivity index (χ0) is 66.5. The zero-order valence-corrected chi connectivity index (χ0v) is 56.4. The largest absolute Gasteiger partial charge is 0.479 e. The van der Waals surface area contributed by atoms with Gasteiger partial charge in [-0.3, -0.25) is 24.2 Å². The summed E-state index contributed by atoms with van der Waals surface area (Å²) in [6, 6.07) is 5.52. The molecule has 4 fully saturated rings. The van der Waals surface area contributed by atoms with Crippen molar-refractivity contribution < 1.29 is 112 Å². The first kappa shape index (κ1) is 69.3. The van der Waals surface area contributed by atoms with Gasteiger partial charge >= 0.3 is 36.3 Å². The molecule has 0 aromatic heterocycles. The molecule has 1 radical (unpaired) electrons. The minimum absolute atomic E-state index is 0. The minimum Gasteiger partial charge on any atom is -0.479 e. The van der Waals surface area contributed by atoms with Gasteiger partial charge in [0.25, 0.3) is 0 Å². The molecule has 7 amide bonds. The van der Waals surface area contributed by atoms with Gasteiger partial charge in [0.15, 0.2) is 5.54 Å². The minimum atomic E-state index is -1.49. The molecule has 2 aromatic rings. The maximum atomic E-state index is 14.3. The quantitative estimate of drug-likeness (QED) is 0.0965. The number of halogens is 2. The van der Waals surface area contributed by atoms with E-state index in [-0.39, 0.29) is 127 Å². The number of rotatable bonds is 5. The predicted octanol–water partition coefficient (Wildman–Crippen LogP) is 7.72. The SMILES string of the molecule is C.CC(C)(C)OC(=O)N[C@H]1CCCCC/C=C\[C@@H]2C[C@@]2(C(=O)O)NC(=O)[C@@H]2C[C@@H](OC(=O)N3Cc4cccc(F)c4C3)CN2C1=O.CC(C)(C)OC(=O)N[C@H]1CCCCC/C=C\[C@@H]2C[C@@]23N=C(OC3=O)[C@@H]2C[C@@H](OC(=O)N3Cc4cccc(F)c4C3)CN2C1=O.[3H][B][3H].[U]. The fraction of sp³-hybridized carbons (Fsp3) is 0.600. The molecule has 2 aliphatic carbocycles. The van der Waals surface area contributed by atoms with Gasteiger partial charge in [0, 0.05) is 80.0 Å². The zero-order valence-electron chi connectivity index (χ0n) is 54.3. The van der Waals surface area contributed by atoms with Gasteiger partial charge in [-0.05, 0) is 119 Å². The third-order valence-electron chi connectivity index (χ3n) is 17.6. The number of aliphatic carboxylic acids is 1. The Morgan fingerprint density at radius 2 is 1.16 bits per heavy atom. The summed E-state index contributed by atoms with van der Waals surface area (Å²) in [6.45, 7) is 10.7. The molecule has 11 rings (SSSR count). The van der Waals surface area contributed by atoms with Crippen molar-refractivity contribution in [3.05, 3.63) is 94.6 Å². The van der Waals surface area contributed by atoms with Gasteiger partial charge in [0.05, 0.1) is 34.5 Å². The van der Waals surface area contributed by atoms with Crippen LogP contribution in [0.1, 0.15) is 161 Å². The molecule has 2 aromatic carbocycles. The van der Waals surface area contributed by atoms with Crippen molar-refractivity contribution in [2.75, 3.05) is 13.1 Å². The molecule has 1 spiro atoms. The summed E-state index contributed by atoms with van der Waals surface area (Å²) in [6.07, 6.45) is 11.1. The summed E-state index contributed by atoms with van der Waals surface area (Å²) >= 11 is 0. The van der Waals surface area contributed by atoms with Gasteiger partial charge in [0.1, 0.15) is 64.8 Å². The van der Waals surface area contributed by atoms with Crippen LogP contribution >= 0.6 is 0 Å². The number of amides is 7. The van der Waals surface area contributed by atoms with Gasteiger partial charge < -0.3 is 54.5 Å². The number of aliphatic imine (C=N–C) groups is 1. The van der Waals surface area contributed by atoms with Crippen LogP contribution < -0.4 is 16.0 Å². The molecule has 9 aliphatic rings. The second kappa shape index (κ2) is 29.5. The summed E-state index contributed by atoms with van der Waals surface area (Å²) in [4.78, 5) is 129. The van der Waals surface area contributed by atoms with Gasteiger partial charge in [-0.25, -0.2) is 42.5 Å². The van der Waals surface area contributed by atoms with Crippen LogP contribution in [-0.2, 0) is 73.8 Å². The average Bonchev–Trinajstić information content (AvgIpc) is 1.56. The van der Waals surface area contributed by atoms with Crippen molar-refractivity contribution in [1.29, 1.82) is 2.67 Å². The number of alkyl carbamates (subject to hydrolysis) is 2. The summed E-state index contributed by atoms with van der Waals surface area (Å²) in [7, 11) is 0.500. The number of benzene rings is 2. The smallest absolute Gasteiger partial charge is 0.410 e. The average molecular weight is 1510 g/mol. The van der Waals surface area contributed by atoms with Crippen LogP contribution in [0.25, 0.3) is 0 Å². The number of allylic oxidation sites excluding steroid dienone is 2. The number of hydrogen-bond donors (Lipinski definition) is 4. The Hall–Kier alpha value is -7.00. The number of esters is 1. The van der Waals surface area contributed by atoms with Crippen LogP contribution in [0.3, 0.4) is 0 Å². The molecule has 7 aliphatic heterocycles. The Kier molecular flexibility index (Phi) is 22.3. The molecule has 2 bridgehead atoms. The molecule has 497 valence electrons. The number of nitrogens with one attached hydrogen (secondary N) is 3. The Labute approximate surface area is 563 Å². The molecule has 4 N–H and O–H groups in total. The summed E-state index contributed by atoms with van der Waals surface area (Å²) < 4.78 is 68.2. The van der Waals surface area contributed by atoms with Crippen LogP contribution in [0.2, 0.25) is 0 Å². The summed E-state index contributed by atoms with van der Waals surface area (Å²) in [5.74, 6) is -4.35. The maximum Gasteiger partial charge on any atom is 0.410 e. The first-order valence-electron chi connectivity index (χ1n) is 32.1. The van der Waals surface area contributed by atoms with E-state index in [0.717, 1.165) is 44.1 Å². The van der Waals surface area contributed by atoms with Crippen molar-refractivity contribution in [2.24, 2.45) is 16.8 Å². The van der Waals surface area contributed by atoms with Crippen molar-refractivity contribution in [2.45, 2.75) is 224 Å². The van der Waals surface area contributed by atoms with E-state index in [1.54, 1.807) is 65.8 Å². The fourth-order valence-electron chi connectivity index (χ4n) is 12.8. The molecule has 23 nitrogen and oxygen atoms in total. The third-order valence-corrected chi connectivity index (χ3v) is 17.6. The monoisotopic (exact) mass is 1510 g/mol. The number of carboxylic acids is 1. The standard InChI is InChI=1S/C32H41FN4O8.C32H39FN4O7.CH4.BH2.U/c1-31(2,3)45-29(42)34-24-13-8-6-4-5-7-11-20-15-32(20,28(40)41)35-26(38)25-14-21(17-37(25)27(24)39)44-30(43)36-16-19-10-9-12-23(33)22(19)18-36;1-31(2,3)44-29(40)34-24-13-8-6-4-5-7-11-20-15-32(20)28(39)43-26(35-32)25-14-21(17-37(25)27(24)38)42-30(41)36-16-19-10-9-12-23(33)22(19)18-36;;;/h7,9-12,20-21,24-25H,4-6,8,13-18H2,1-3H3,(H,34,42)(H,35,38)(H,40,41);7,9-12,20-21,24-25H,4-6,8,13-18H2,1-3H3,(H,34,40);1H4;1H2;/b2*11-7-;;;/t2*20-,21-,24+,25+,32-;;;/m11.../s1/i;;;1T2;. The third kappa shape index (κ3) is 16.7. The van der Waals surface area contributed by atoms with Crippen LogP contribution in [0.15, 0.2) is 65.7 Å². The Balaban J connectivity index is 0.000000250. The van der Waals surface area contributed by atoms with Crippen LogP contribution in [0, 0.1) is 54.6 Å². The first-order chi connectivity index (χ1) is 43.6. The van der Waals surface area contributed by atoms with E-state index in [9.17, 15) is 57.0 Å². The molecule has 7 heterocycles. The summed E-state index contributed by atoms with van der Waals surface area (Å²) in [5.41, 5.74) is -1.77. The van der Waals surface area contributed by atoms with E-state index in [4.69, 9.17) is 31.3 Å². The second-order valence-electron chi connectivity index (χ2n) is 26.6. The normalized spacial score (nSPS) is 29.1. The number of carbonyl (C=O) groups excluding carboxylic acids is 8. The van der Waals surface area contributed by atoms with E-state index in [1.807, 2.05) is 18.2 Å². The molecular formula is C65H86BF2N8O15U. The molecule has 0 unspecified atom stereocenters. The van der Waals surface area contributed by atoms with E-state index in [1.165, 1.54) is 31.7 Å². The van der Waals surface area contributed by atoms with Crippen molar-refractivity contribution in [1.82, 2.24) is 35.6 Å². The molecule has 92 heavy (non-hydrogen) atoms. The van der Waals surface area contributed by atoms with E-state index < -0.39 is 119 Å². The fourth-order valence-corrected chi connectivity index (χ4v) is 12.8. The predicted molar refractivity (Wildman–Crippen MR) is 329 cm³/mol.